The van der Waals surface area contributed by atoms with Crippen LogP contribution in [0, 0.1) is 0 Å². The Balaban J connectivity index is 0.00000289. The monoisotopic (exact) mass is 481 g/mol. The molecule has 0 atom stereocenters. The molecule has 5 rings (SSSR count). The van der Waals surface area contributed by atoms with E-state index in [4.69, 9.17) is 0 Å². The summed E-state index contributed by atoms with van der Waals surface area (Å²) in [5.74, 6) is -0.0734. The fourth-order valence-corrected chi connectivity index (χ4v) is 3.74. The van der Waals surface area contributed by atoms with Gasteiger partial charge >= 0.3 is 0 Å². The van der Waals surface area contributed by atoms with Crippen LogP contribution in [0.2, 0.25) is 0 Å². The number of pyridine rings is 2. The smallest absolute Gasteiger partial charge is 0.258 e. The molecule has 0 saturated carbocycles. The molecule has 0 unspecified atom stereocenters. The molecule has 0 aliphatic rings. The number of benzene rings is 3. The maximum absolute atomic E-state index is 13.0. The van der Waals surface area contributed by atoms with E-state index in [-0.39, 0.29) is 18.3 Å². The van der Waals surface area contributed by atoms with Gasteiger partial charge in [-0.15, -0.1) is 12.4 Å². The van der Waals surface area contributed by atoms with Crippen molar-refractivity contribution >= 4 is 57.7 Å². The van der Waals surface area contributed by atoms with Crippen molar-refractivity contribution in [2.24, 2.45) is 0 Å². The largest absolute Gasteiger partial charge is 0.355 e. The number of para-hydroxylation sites is 1. The highest BCUT2D eigenvalue weighted by Gasteiger charge is 2.14. The Morgan fingerprint density at radius 2 is 1.34 bits per heavy atom. The average molecular weight is 482 g/mol. The van der Waals surface area contributed by atoms with Crippen molar-refractivity contribution in [1.29, 1.82) is 0 Å². The molecule has 0 fully saturated rings. The number of anilines is 5. The van der Waals surface area contributed by atoms with Gasteiger partial charge in [-0.05, 0) is 72.8 Å². The summed E-state index contributed by atoms with van der Waals surface area (Å²) in [7, 11) is 1.78. The summed E-state index contributed by atoms with van der Waals surface area (Å²) in [4.78, 5) is 23.1. The van der Waals surface area contributed by atoms with Crippen LogP contribution in [-0.4, -0.2) is 22.9 Å². The first-order valence-electron chi connectivity index (χ1n) is 10.9. The van der Waals surface area contributed by atoms with Gasteiger partial charge in [0.25, 0.3) is 5.91 Å². The minimum Gasteiger partial charge on any atom is -0.355 e. The molecule has 7 heteroatoms. The summed E-state index contributed by atoms with van der Waals surface area (Å²) >= 11 is 0. The summed E-state index contributed by atoms with van der Waals surface area (Å²) in [6.07, 6.45) is 5.27. The Morgan fingerprint density at radius 1 is 0.714 bits per heavy atom. The Morgan fingerprint density at radius 3 is 2.09 bits per heavy atom. The van der Waals surface area contributed by atoms with Gasteiger partial charge in [0.05, 0.1) is 5.52 Å². The number of halogens is 1. The molecule has 0 aliphatic carbocycles. The van der Waals surface area contributed by atoms with Gasteiger partial charge in [0.1, 0.15) is 0 Å². The normalized spacial score (nSPS) is 10.3. The van der Waals surface area contributed by atoms with Gasteiger partial charge in [-0.2, -0.15) is 0 Å². The van der Waals surface area contributed by atoms with Gasteiger partial charge in [-0.1, -0.05) is 18.2 Å². The lowest BCUT2D eigenvalue weighted by Crippen LogP contribution is -2.26. The van der Waals surface area contributed by atoms with E-state index in [1.807, 2.05) is 91.0 Å². The molecule has 35 heavy (non-hydrogen) atoms. The number of carbonyl (C=O) groups is 1. The Kier molecular flexibility index (Phi) is 7.24. The van der Waals surface area contributed by atoms with Crippen molar-refractivity contribution < 1.29 is 4.79 Å². The molecule has 0 radical (unpaired) electrons. The van der Waals surface area contributed by atoms with E-state index >= 15 is 0 Å². The first-order chi connectivity index (χ1) is 16.7. The van der Waals surface area contributed by atoms with E-state index in [2.05, 4.69) is 20.6 Å². The molecule has 3 aromatic carbocycles. The van der Waals surface area contributed by atoms with E-state index < -0.39 is 0 Å². The van der Waals surface area contributed by atoms with Crippen LogP contribution in [0.5, 0.6) is 0 Å². The van der Waals surface area contributed by atoms with Gasteiger partial charge in [-0.3, -0.25) is 14.8 Å². The molecule has 5 aromatic rings. The van der Waals surface area contributed by atoms with Crippen LogP contribution in [-0.2, 0) is 0 Å². The molecule has 0 saturated heterocycles. The zero-order valence-electron chi connectivity index (χ0n) is 19.1. The van der Waals surface area contributed by atoms with E-state index in [0.717, 1.165) is 39.3 Å². The average Bonchev–Trinajstić information content (AvgIpc) is 2.90. The minimum atomic E-state index is -0.0734. The summed E-state index contributed by atoms with van der Waals surface area (Å²) in [6, 6.07) is 29.0. The third-order valence-electron chi connectivity index (χ3n) is 5.59. The zero-order valence-corrected chi connectivity index (χ0v) is 19.9. The second kappa shape index (κ2) is 10.7. The van der Waals surface area contributed by atoms with Crippen LogP contribution in [0.1, 0.15) is 10.4 Å². The van der Waals surface area contributed by atoms with Gasteiger partial charge in [-0.25, -0.2) is 0 Å². The van der Waals surface area contributed by atoms with Crippen LogP contribution < -0.4 is 15.5 Å². The number of hydrogen-bond donors (Lipinski definition) is 2. The summed E-state index contributed by atoms with van der Waals surface area (Å²) in [5, 5.41) is 7.79. The van der Waals surface area contributed by atoms with Crippen LogP contribution in [0.4, 0.5) is 28.4 Å². The van der Waals surface area contributed by atoms with E-state index in [1.54, 1.807) is 30.5 Å². The van der Waals surface area contributed by atoms with E-state index in [1.165, 1.54) is 0 Å². The number of rotatable bonds is 6. The van der Waals surface area contributed by atoms with Gasteiger partial charge < -0.3 is 15.5 Å². The number of nitrogens with zero attached hydrogens (tertiary/aromatic N) is 3. The third kappa shape index (κ3) is 5.39. The van der Waals surface area contributed by atoms with Crippen molar-refractivity contribution in [3.63, 3.8) is 0 Å². The number of nitrogens with one attached hydrogen (secondary N) is 2. The second-order valence-electron chi connectivity index (χ2n) is 7.85. The van der Waals surface area contributed by atoms with Crippen LogP contribution in [0.3, 0.4) is 0 Å². The summed E-state index contributed by atoms with van der Waals surface area (Å²) in [5.41, 5.74) is 6.14. The Hall–Kier alpha value is -4.42. The van der Waals surface area contributed by atoms with Crippen molar-refractivity contribution in [3.8, 4) is 0 Å². The van der Waals surface area contributed by atoms with Crippen LogP contribution in [0.15, 0.2) is 110 Å². The number of hydrogen-bond acceptors (Lipinski definition) is 5. The fraction of sp³-hybridized carbons (Fsp3) is 0.0357. The summed E-state index contributed by atoms with van der Waals surface area (Å²) in [6.45, 7) is 0. The standard InChI is InChI=1S/C28H23N5O.ClH/c1-33(24-12-10-21(11-13-24)31-23-14-17-29-18-15-23)28(34)20-6-8-22(9-7-20)32-27-16-19-30-26-5-3-2-4-25(26)27;/h2-19H,1H3,(H,29,31)(H,30,32);1H. The predicted molar refractivity (Wildman–Crippen MR) is 145 cm³/mol. The topological polar surface area (TPSA) is 70.2 Å². The van der Waals surface area contributed by atoms with Gasteiger partial charge in [0.15, 0.2) is 0 Å². The molecule has 0 bridgehead atoms. The first-order valence-corrected chi connectivity index (χ1v) is 10.9. The van der Waals surface area contributed by atoms with Crippen LogP contribution in [0.25, 0.3) is 10.9 Å². The number of amides is 1. The molecule has 0 spiro atoms. The van der Waals surface area contributed by atoms with Crippen molar-refractivity contribution in [1.82, 2.24) is 9.97 Å². The molecular weight excluding hydrogens is 458 g/mol. The maximum Gasteiger partial charge on any atom is 0.258 e. The number of fused-ring (bicyclic) bond motifs is 1. The highest BCUT2D eigenvalue weighted by molar-refractivity contribution is 6.06. The predicted octanol–water partition coefficient (Wildman–Crippen LogP) is 6.82. The number of aromatic nitrogens is 2. The van der Waals surface area contributed by atoms with Crippen molar-refractivity contribution in [3.05, 3.63) is 115 Å². The van der Waals surface area contributed by atoms with E-state index in [0.29, 0.717) is 5.56 Å². The van der Waals surface area contributed by atoms with Gasteiger partial charge in [0.2, 0.25) is 0 Å². The van der Waals surface area contributed by atoms with Crippen molar-refractivity contribution in [2.75, 3.05) is 22.6 Å². The molecule has 2 N–H and O–H groups in total. The Labute approximate surface area is 210 Å². The molecule has 6 nitrogen and oxygen atoms in total. The van der Waals surface area contributed by atoms with Crippen molar-refractivity contribution in [2.45, 2.75) is 0 Å². The molecular formula is C28H24ClN5O. The summed E-state index contributed by atoms with van der Waals surface area (Å²) < 4.78 is 0. The fourth-order valence-electron chi connectivity index (χ4n) is 3.74. The molecule has 174 valence electrons. The highest BCUT2D eigenvalue weighted by Crippen LogP contribution is 2.26. The SMILES string of the molecule is CN(C(=O)c1ccc(Nc2ccnc3ccccc23)cc1)c1ccc(Nc2ccncc2)cc1.Cl. The highest BCUT2D eigenvalue weighted by atomic mass is 35.5. The molecule has 2 aromatic heterocycles. The van der Waals surface area contributed by atoms with E-state index in [9.17, 15) is 4.79 Å². The quantitative estimate of drug-likeness (QED) is 0.278. The zero-order chi connectivity index (χ0) is 23.3. The first kappa shape index (κ1) is 23.7. The lowest BCUT2D eigenvalue weighted by Gasteiger charge is -2.18. The van der Waals surface area contributed by atoms with Crippen LogP contribution >= 0.6 is 12.4 Å². The Bertz CT molecular complexity index is 1420. The molecule has 2 heterocycles. The minimum absolute atomic E-state index is 0. The lowest BCUT2D eigenvalue weighted by molar-refractivity contribution is 0.0993. The number of carbonyl (C=O) groups excluding carboxylic acids is 1. The third-order valence-corrected chi connectivity index (χ3v) is 5.59. The van der Waals surface area contributed by atoms with Gasteiger partial charge in [0, 0.05) is 65.0 Å². The second-order valence-corrected chi connectivity index (χ2v) is 7.85. The maximum atomic E-state index is 13.0. The lowest BCUT2D eigenvalue weighted by atomic mass is 10.1. The molecule has 0 aliphatic heterocycles. The molecule has 1 amide bonds.